The molecule has 0 atom stereocenters. The molecule has 0 aliphatic carbocycles. The Morgan fingerprint density at radius 3 is 2.50 bits per heavy atom. The maximum absolute atomic E-state index is 11.4. The zero-order valence-corrected chi connectivity index (χ0v) is 8.27. The molecule has 0 spiro atoms. The highest BCUT2D eigenvalue weighted by Gasteiger charge is 2.05. The number of nitriles is 1. The van der Waals surface area contributed by atoms with Gasteiger partial charge in [-0.1, -0.05) is 0 Å². The third-order valence-corrected chi connectivity index (χ3v) is 1.66. The zero-order chi connectivity index (χ0) is 12.0. The Hall–Kier alpha value is -2.39. The summed E-state index contributed by atoms with van der Waals surface area (Å²) in [6.07, 6.45) is 0. The Labute approximate surface area is 91.6 Å². The molecular formula is C10H9N3O3. The lowest BCUT2D eigenvalue weighted by atomic mass is 10.1. The molecule has 6 nitrogen and oxygen atoms in total. The van der Waals surface area contributed by atoms with Gasteiger partial charge in [0.05, 0.1) is 11.6 Å². The van der Waals surface area contributed by atoms with E-state index in [1.807, 2.05) is 11.5 Å². The smallest absolute Gasteiger partial charge is 0.274 e. The topological polar surface area (TPSA) is 105 Å². The molecule has 16 heavy (non-hydrogen) atoms. The Morgan fingerprint density at radius 1 is 1.38 bits per heavy atom. The molecular weight excluding hydrogens is 210 g/mol. The minimum atomic E-state index is -0.680. The highest BCUT2D eigenvalue weighted by atomic mass is 16.7. The first kappa shape index (κ1) is 11.7. The number of amides is 2. The Morgan fingerprint density at radius 2 is 2.00 bits per heavy atom. The summed E-state index contributed by atoms with van der Waals surface area (Å²) in [6, 6.07) is 7.88. The standard InChI is InChI=1S/C10H9N3O3/c11-5-7-1-3-8(4-2-7)10(15)13-16-6-9(12)14/h1-4H,6H2,(H2,12,14)(H,13,15). The van der Waals surface area contributed by atoms with Gasteiger partial charge in [-0.05, 0) is 24.3 Å². The predicted octanol–water partition coefficient (Wildman–Crippen LogP) is -0.295. The molecule has 0 saturated heterocycles. The van der Waals surface area contributed by atoms with Crippen molar-refractivity contribution >= 4 is 11.8 Å². The van der Waals surface area contributed by atoms with Crippen molar-refractivity contribution in [3.8, 4) is 6.07 Å². The van der Waals surface area contributed by atoms with Gasteiger partial charge in [0.25, 0.3) is 5.91 Å². The second-order valence-corrected chi connectivity index (χ2v) is 2.88. The zero-order valence-electron chi connectivity index (χ0n) is 8.27. The molecule has 0 heterocycles. The van der Waals surface area contributed by atoms with E-state index in [1.165, 1.54) is 24.3 Å². The van der Waals surface area contributed by atoms with Gasteiger partial charge >= 0.3 is 0 Å². The molecule has 6 heteroatoms. The first-order chi connectivity index (χ1) is 7.63. The number of carbonyl (C=O) groups excluding carboxylic acids is 2. The van der Waals surface area contributed by atoms with Gasteiger partial charge in [-0.2, -0.15) is 5.26 Å². The Bertz CT molecular complexity index is 434. The van der Waals surface area contributed by atoms with Crippen molar-refractivity contribution < 1.29 is 14.4 Å². The lowest BCUT2D eigenvalue weighted by Crippen LogP contribution is -2.29. The molecule has 1 rings (SSSR count). The minimum Gasteiger partial charge on any atom is -0.368 e. The molecule has 0 saturated carbocycles. The monoisotopic (exact) mass is 219 g/mol. The van der Waals surface area contributed by atoms with E-state index in [1.54, 1.807) is 0 Å². The molecule has 0 aliphatic heterocycles. The number of nitrogens with one attached hydrogen (secondary N) is 1. The molecule has 1 aromatic rings. The van der Waals surface area contributed by atoms with Crippen LogP contribution in [0.1, 0.15) is 15.9 Å². The van der Waals surface area contributed by atoms with Crippen LogP contribution in [0.2, 0.25) is 0 Å². The van der Waals surface area contributed by atoms with Crippen molar-refractivity contribution in [1.82, 2.24) is 5.48 Å². The van der Waals surface area contributed by atoms with Crippen LogP contribution in [0, 0.1) is 11.3 Å². The van der Waals surface area contributed by atoms with Crippen LogP contribution >= 0.6 is 0 Å². The van der Waals surface area contributed by atoms with E-state index >= 15 is 0 Å². The van der Waals surface area contributed by atoms with Crippen LogP contribution in [0.3, 0.4) is 0 Å². The summed E-state index contributed by atoms with van der Waals surface area (Å²) in [5.41, 5.74) is 7.63. The van der Waals surface area contributed by atoms with Crippen LogP contribution in [0.25, 0.3) is 0 Å². The van der Waals surface area contributed by atoms with Crippen LogP contribution in [0.5, 0.6) is 0 Å². The highest BCUT2D eigenvalue weighted by molar-refractivity contribution is 5.93. The average molecular weight is 219 g/mol. The first-order valence-electron chi connectivity index (χ1n) is 4.34. The predicted molar refractivity (Wildman–Crippen MR) is 53.8 cm³/mol. The summed E-state index contributed by atoms with van der Waals surface area (Å²) >= 11 is 0. The van der Waals surface area contributed by atoms with Crippen LogP contribution in [-0.4, -0.2) is 18.4 Å². The number of primary amides is 1. The number of nitrogens with two attached hydrogens (primary N) is 1. The largest absolute Gasteiger partial charge is 0.368 e. The van der Waals surface area contributed by atoms with Crippen LogP contribution in [0.15, 0.2) is 24.3 Å². The SMILES string of the molecule is N#Cc1ccc(C(=O)NOCC(N)=O)cc1. The summed E-state index contributed by atoms with van der Waals surface area (Å²) in [5.74, 6) is -1.19. The maximum atomic E-state index is 11.4. The fourth-order valence-corrected chi connectivity index (χ4v) is 0.928. The van der Waals surface area contributed by atoms with E-state index in [-0.39, 0.29) is 6.61 Å². The maximum Gasteiger partial charge on any atom is 0.274 e. The van der Waals surface area contributed by atoms with Crippen molar-refractivity contribution in [3.63, 3.8) is 0 Å². The number of nitrogens with zero attached hydrogens (tertiary/aromatic N) is 1. The van der Waals surface area contributed by atoms with Gasteiger partial charge in [0.1, 0.15) is 0 Å². The second-order valence-electron chi connectivity index (χ2n) is 2.88. The van der Waals surface area contributed by atoms with Gasteiger partial charge < -0.3 is 5.73 Å². The van der Waals surface area contributed by atoms with Crippen LogP contribution < -0.4 is 11.2 Å². The molecule has 0 aliphatic rings. The van der Waals surface area contributed by atoms with Gasteiger partial charge in [-0.25, -0.2) is 5.48 Å². The fourth-order valence-electron chi connectivity index (χ4n) is 0.928. The van der Waals surface area contributed by atoms with Gasteiger partial charge in [0, 0.05) is 5.56 Å². The van der Waals surface area contributed by atoms with E-state index in [9.17, 15) is 9.59 Å². The lowest BCUT2D eigenvalue weighted by molar-refractivity contribution is -0.124. The highest BCUT2D eigenvalue weighted by Crippen LogP contribution is 2.02. The molecule has 0 unspecified atom stereocenters. The summed E-state index contributed by atoms with van der Waals surface area (Å²) in [5, 5.41) is 8.54. The van der Waals surface area contributed by atoms with Crippen molar-refractivity contribution in [1.29, 1.82) is 5.26 Å². The Kier molecular flexibility index (Phi) is 4.00. The number of benzene rings is 1. The summed E-state index contributed by atoms with van der Waals surface area (Å²) in [4.78, 5) is 26.2. The normalized spacial score (nSPS) is 9.19. The van der Waals surface area contributed by atoms with Crippen molar-refractivity contribution in [3.05, 3.63) is 35.4 Å². The molecule has 2 amide bonds. The van der Waals surface area contributed by atoms with Gasteiger partial charge in [0.2, 0.25) is 5.91 Å². The summed E-state index contributed by atoms with van der Waals surface area (Å²) in [7, 11) is 0. The minimum absolute atomic E-state index is 0.323. The summed E-state index contributed by atoms with van der Waals surface area (Å²) in [6.45, 7) is -0.387. The van der Waals surface area contributed by atoms with Gasteiger partial charge in [-0.3, -0.25) is 14.4 Å². The van der Waals surface area contributed by atoms with Crippen LogP contribution in [0.4, 0.5) is 0 Å². The quantitative estimate of drug-likeness (QED) is 0.678. The average Bonchev–Trinajstić information content (AvgIpc) is 2.28. The van der Waals surface area contributed by atoms with E-state index in [0.29, 0.717) is 11.1 Å². The van der Waals surface area contributed by atoms with Crippen LogP contribution in [-0.2, 0) is 9.63 Å². The van der Waals surface area contributed by atoms with E-state index in [2.05, 4.69) is 4.84 Å². The first-order valence-corrected chi connectivity index (χ1v) is 4.34. The van der Waals surface area contributed by atoms with E-state index in [0.717, 1.165) is 0 Å². The van der Waals surface area contributed by atoms with Crippen molar-refractivity contribution in [2.75, 3.05) is 6.61 Å². The van der Waals surface area contributed by atoms with E-state index in [4.69, 9.17) is 11.0 Å². The van der Waals surface area contributed by atoms with Gasteiger partial charge in [-0.15, -0.1) is 0 Å². The third kappa shape index (κ3) is 3.40. The molecule has 82 valence electrons. The molecule has 1 aromatic carbocycles. The number of carbonyl (C=O) groups is 2. The molecule has 0 fully saturated rings. The number of rotatable bonds is 4. The third-order valence-electron chi connectivity index (χ3n) is 1.66. The number of hydrogen-bond acceptors (Lipinski definition) is 4. The number of hydroxylamine groups is 1. The molecule has 0 bridgehead atoms. The lowest BCUT2D eigenvalue weighted by Gasteiger charge is -2.03. The molecule has 3 N–H and O–H groups in total. The Balaban J connectivity index is 2.53. The van der Waals surface area contributed by atoms with E-state index < -0.39 is 11.8 Å². The number of hydrogen-bond donors (Lipinski definition) is 2. The fraction of sp³-hybridized carbons (Fsp3) is 0.100. The second kappa shape index (κ2) is 5.48. The van der Waals surface area contributed by atoms with Crippen molar-refractivity contribution in [2.45, 2.75) is 0 Å². The molecule has 0 aromatic heterocycles. The van der Waals surface area contributed by atoms with Crippen molar-refractivity contribution in [2.24, 2.45) is 5.73 Å². The molecule has 0 radical (unpaired) electrons. The van der Waals surface area contributed by atoms with Gasteiger partial charge in [0.15, 0.2) is 6.61 Å². The summed E-state index contributed by atoms with van der Waals surface area (Å²) < 4.78 is 0.